The maximum atomic E-state index is 15.7. The van der Waals surface area contributed by atoms with Crippen LogP contribution in [0.4, 0.5) is 0 Å². The molecule has 0 aromatic heterocycles. The number of fused-ring (bicyclic) bond motifs is 8. The summed E-state index contributed by atoms with van der Waals surface area (Å²) < 4.78 is 80.1. The molecule has 32 N–H and O–H groups in total. The summed E-state index contributed by atoms with van der Waals surface area (Å²) in [4.78, 5) is 162. The molecule has 2 saturated heterocycles. The number of hydrogen-bond donors (Lipinski definition) is 32. The van der Waals surface area contributed by atoms with Gasteiger partial charge in [-0.15, -0.1) is 0 Å². The monoisotopic (exact) mass is 2040 g/mol. The maximum absolute atomic E-state index is 15.7. The number of phenols is 31. The van der Waals surface area contributed by atoms with Gasteiger partial charge >= 0.3 is 65.7 Å². The van der Waals surface area contributed by atoms with E-state index in [4.69, 9.17) is 66.3 Å². The molecular formula is C89H62O57. The molecular weight excluding hydrogens is 1980 g/mol. The Balaban J connectivity index is 0.866. The van der Waals surface area contributed by atoms with Gasteiger partial charge in [-0.25, -0.2) is 52.7 Å². The summed E-state index contributed by atoms with van der Waals surface area (Å²) in [7, 11) is 0. The molecule has 11 aromatic rings. The van der Waals surface area contributed by atoms with E-state index in [1.54, 1.807) is 0 Å². The van der Waals surface area contributed by atoms with E-state index < -0.39 is 425 Å². The lowest BCUT2D eigenvalue weighted by atomic mass is 9.91. The van der Waals surface area contributed by atoms with Crippen molar-refractivity contribution >= 4 is 65.7 Å². The number of benzene rings is 11. The molecule has 0 radical (unpaired) electrons. The number of aromatic carboxylic acids is 1. The Morgan fingerprint density at radius 2 is 0.473 bits per heavy atom. The number of carboxylic acids is 1. The van der Waals surface area contributed by atoms with Crippen molar-refractivity contribution in [1.29, 1.82) is 0 Å². The van der Waals surface area contributed by atoms with Crippen LogP contribution in [0.2, 0.25) is 0 Å². The van der Waals surface area contributed by atoms with Gasteiger partial charge < -0.3 is 230 Å². The number of rotatable bonds is 17. The summed E-state index contributed by atoms with van der Waals surface area (Å²) in [5, 5.41) is 350. The largest absolute Gasteiger partial charge is 0.504 e. The number of carbonyl (C=O) groups excluding carboxylic acids is 10. The van der Waals surface area contributed by atoms with Crippen molar-refractivity contribution in [2.75, 3.05) is 13.2 Å². The minimum Gasteiger partial charge on any atom is -0.504 e. The van der Waals surface area contributed by atoms with Gasteiger partial charge in [0.2, 0.25) is 70.8 Å². The minimum absolute atomic E-state index is 0.0301. The fraction of sp³-hybridized carbons (Fsp3) is 0.135. The van der Waals surface area contributed by atoms with Crippen LogP contribution in [0, 0.1) is 0 Å². The van der Waals surface area contributed by atoms with E-state index in [9.17, 15) is 192 Å². The molecule has 4 aliphatic heterocycles. The van der Waals surface area contributed by atoms with E-state index in [-0.39, 0.29) is 36.4 Å². The number of hydrogen-bond acceptors (Lipinski definition) is 56. The molecule has 15 rings (SSSR count). The highest BCUT2D eigenvalue weighted by Crippen LogP contribution is 2.60. The molecule has 4 aliphatic rings. The predicted molar refractivity (Wildman–Crippen MR) is 452 cm³/mol. The van der Waals surface area contributed by atoms with Gasteiger partial charge in [-0.1, -0.05) is 0 Å². The molecule has 760 valence electrons. The Labute approximate surface area is 801 Å². The lowest BCUT2D eigenvalue weighted by Crippen LogP contribution is -2.63. The molecule has 4 heterocycles. The molecule has 57 nitrogen and oxygen atoms in total. The summed E-state index contributed by atoms with van der Waals surface area (Å²) in [6.45, 7) is -3.47. The Morgan fingerprint density at radius 1 is 0.240 bits per heavy atom. The van der Waals surface area contributed by atoms with E-state index in [0.717, 1.165) is 0 Å². The first-order valence-electron chi connectivity index (χ1n) is 40.1. The standard InChI is InChI=1S/C89H62O57/c90-30-1-19(2-31(91)52(30)104)78(123)141-73-71-46(137-88(145-82(127)23-9-38(98)56(108)39(99)10-23)75(73)143-80(125)21-5-34(94)54(106)35(95)6-21)17-133-84(129)27-16-45(62(114)66(118)51(27)49-25(85(130)139-71)12-41(101)58(110)64(49)116)136-70-29(14-43(103)60(112)68(70)120)87(132)146-89-76(144-81(126)22-7-36(96)55(107)37(97)8-22)74(142-79(124)20-3-32(92)53(105)33(93)4-20)72-47(138-89)18-134-83(128)26-15-44(135-69-28(77(121)122)13-42(102)59(111)67(69)119)61(113)65(117)50(26)48-24(86(131)140-72)11-40(100)57(109)63(48)115/h1-16,46-47,71-76,88-120H,17-18H2,(H,121,122)/t46-,47-,71-,72-,73+,74+,75-,76-,88+,89+/m1/s1. The second kappa shape index (κ2) is 37.3. The zero-order valence-corrected chi connectivity index (χ0v) is 71.4. The fourth-order valence-electron chi connectivity index (χ4n) is 14.9. The predicted octanol–water partition coefficient (Wildman–Crippen LogP) is 4.63. The zero-order valence-electron chi connectivity index (χ0n) is 71.4. The van der Waals surface area contributed by atoms with Crippen LogP contribution in [0.1, 0.15) is 114 Å². The maximum Gasteiger partial charge on any atom is 0.344 e. The normalized spacial score (nSPS) is 18.4. The second-order valence-electron chi connectivity index (χ2n) is 31.1. The molecule has 0 spiro atoms. The van der Waals surface area contributed by atoms with Crippen LogP contribution in [0.3, 0.4) is 0 Å². The summed E-state index contributed by atoms with van der Waals surface area (Å²) >= 11 is 0. The molecule has 10 atom stereocenters. The van der Waals surface area contributed by atoms with Crippen LogP contribution < -0.4 is 9.47 Å². The van der Waals surface area contributed by atoms with E-state index in [0.29, 0.717) is 60.7 Å². The van der Waals surface area contributed by atoms with E-state index >= 15 is 24.0 Å². The third-order valence-corrected chi connectivity index (χ3v) is 22.0. The minimum atomic E-state index is -3.25. The smallest absolute Gasteiger partial charge is 0.344 e. The molecule has 57 heteroatoms. The number of esters is 10. The average Bonchev–Trinajstić information content (AvgIpc) is 1.66. The van der Waals surface area contributed by atoms with Gasteiger partial charge in [-0.05, 0) is 72.8 Å². The first-order valence-corrected chi connectivity index (χ1v) is 40.1. The second-order valence-corrected chi connectivity index (χ2v) is 31.1. The van der Waals surface area contributed by atoms with Crippen molar-refractivity contribution < 1.29 is 282 Å². The summed E-state index contributed by atoms with van der Waals surface area (Å²) in [6, 6.07) is 4.66. The van der Waals surface area contributed by atoms with E-state index in [2.05, 4.69) is 0 Å². The van der Waals surface area contributed by atoms with Gasteiger partial charge in [0, 0.05) is 46.5 Å². The summed E-state index contributed by atoms with van der Waals surface area (Å²) in [5.41, 5.74) is -20.1. The molecule has 146 heavy (non-hydrogen) atoms. The van der Waals surface area contributed by atoms with Crippen molar-refractivity contribution in [3.05, 3.63) is 158 Å². The van der Waals surface area contributed by atoms with Crippen LogP contribution >= 0.6 is 0 Å². The first kappa shape index (κ1) is 99.4. The highest BCUT2D eigenvalue weighted by atomic mass is 16.8. The lowest BCUT2D eigenvalue weighted by molar-refractivity contribution is -0.282. The van der Waals surface area contributed by atoms with Crippen molar-refractivity contribution in [3.8, 4) is 223 Å². The lowest BCUT2D eigenvalue weighted by Gasteiger charge is -2.43. The molecule has 0 aliphatic carbocycles. The van der Waals surface area contributed by atoms with Gasteiger partial charge in [-0.3, -0.25) is 0 Å². The number of carboxylic acid groups (broad SMARTS) is 1. The molecule has 0 unspecified atom stereocenters. The fourth-order valence-corrected chi connectivity index (χ4v) is 14.9. The van der Waals surface area contributed by atoms with Crippen LogP contribution in [-0.4, -0.2) is 304 Å². The van der Waals surface area contributed by atoms with E-state index in [1.165, 1.54) is 0 Å². The van der Waals surface area contributed by atoms with Gasteiger partial charge in [0.25, 0.3) is 0 Å². The van der Waals surface area contributed by atoms with Crippen molar-refractivity contribution in [2.24, 2.45) is 0 Å². The SMILES string of the molecule is O=C(O[C@@H]1O[C@@H]2COC(=O)c3cc(Oc4c(C(=O)O[C@@H]5O[C@@H]6COC(=O)c7cc(Oc8c(C(=O)O)cc(O)c(O)c8O)c(O)c(O)c7-c7c(cc(O)c(O)c7O)C(=O)O[C@H]6[C@H](OC(=O)c6cc(O)c(O)c(O)c6)[C@H]5OC(=O)c5cc(O)c(O)c(O)c5)cc(O)c(O)c4O)c(O)c(O)c3-c3c(cc(O)c(O)c3O)C(=O)O[C@H]2[C@H](OC(=O)c2cc(O)c(O)c(O)c2)[C@H]1OC(=O)c1cc(O)c(O)c(O)c1)c1cc(O)c(O)c(O)c1. The zero-order chi connectivity index (χ0) is 107. The Bertz CT molecular complexity index is 7380. The van der Waals surface area contributed by atoms with Gasteiger partial charge in [0.05, 0.1) is 50.1 Å². The third-order valence-electron chi connectivity index (χ3n) is 22.0. The number of phenolic OH excluding ortho intramolecular Hbond substituents is 31. The molecule has 11 aromatic carbocycles. The quantitative estimate of drug-likeness (QED) is 0.0335. The highest BCUT2D eigenvalue weighted by Gasteiger charge is 2.59. The molecule has 0 saturated carbocycles. The van der Waals surface area contributed by atoms with Crippen LogP contribution in [0.15, 0.2) is 97.1 Å². The number of ether oxygens (including phenoxy) is 14. The van der Waals surface area contributed by atoms with Gasteiger partial charge in [-0.2, -0.15) is 0 Å². The number of carbonyl (C=O) groups is 11. The van der Waals surface area contributed by atoms with Crippen molar-refractivity contribution in [3.63, 3.8) is 0 Å². The summed E-state index contributed by atoms with van der Waals surface area (Å²) in [5.74, 6) is -76.3. The Kier molecular flexibility index (Phi) is 25.4. The molecule has 0 bridgehead atoms. The number of aromatic hydroxyl groups is 31. The van der Waals surface area contributed by atoms with Crippen LogP contribution in [-0.2, 0) is 56.8 Å². The Morgan fingerprint density at radius 3 is 0.767 bits per heavy atom. The number of cyclic esters (lactones) is 2. The van der Waals surface area contributed by atoms with Crippen molar-refractivity contribution in [1.82, 2.24) is 0 Å². The third kappa shape index (κ3) is 17.7. The highest BCUT2D eigenvalue weighted by molar-refractivity contribution is 6.11. The van der Waals surface area contributed by atoms with Crippen LogP contribution in [0.5, 0.6) is 201 Å². The van der Waals surface area contributed by atoms with Gasteiger partial charge in [0.15, 0.2) is 180 Å². The topological polar surface area (TPSA) is 964 Å². The van der Waals surface area contributed by atoms with Crippen LogP contribution in [0.25, 0.3) is 22.3 Å². The summed E-state index contributed by atoms with van der Waals surface area (Å²) in [6.07, 6.45) is -29.3. The van der Waals surface area contributed by atoms with E-state index in [1.807, 2.05) is 0 Å². The van der Waals surface area contributed by atoms with Gasteiger partial charge in [0.1, 0.15) is 36.5 Å². The first-order chi connectivity index (χ1) is 68.7. The molecule has 2 fully saturated rings. The molecule has 0 amide bonds. The van der Waals surface area contributed by atoms with Crippen molar-refractivity contribution in [2.45, 2.75) is 61.4 Å². The average molecular weight is 2040 g/mol. The Hall–Kier alpha value is -21.1.